The Morgan fingerprint density at radius 1 is 1.03 bits per heavy atom. The van der Waals surface area contributed by atoms with Crippen LogP contribution in [0.15, 0.2) is 78.9 Å². The van der Waals surface area contributed by atoms with Gasteiger partial charge in [0.05, 0.1) is 0 Å². The van der Waals surface area contributed by atoms with Gasteiger partial charge in [-0.25, -0.2) is 4.79 Å². The summed E-state index contributed by atoms with van der Waals surface area (Å²) in [7, 11) is 0. The summed E-state index contributed by atoms with van der Waals surface area (Å²) in [5.74, 6) is 2.49. The van der Waals surface area contributed by atoms with E-state index in [9.17, 15) is 4.79 Å². The van der Waals surface area contributed by atoms with E-state index >= 15 is 0 Å². The van der Waals surface area contributed by atoms with Crippen LogP contribution in [0.3, 0.4) is 0 Å². The lowest BCUT2D eigenvalue weighted by Crippen LogP contribution is -2.34. The summed E-state index contributed by atoms with van der Waals surface area (Å²) in [6, 6.07) is 25.7. The Morgan fingerprint density at radius 3 is 2.55 bits per heavy atom. The molecule has 4 nitrogen and oxygen atoms in total. The molecule has 29 heavy (non-hydrogen) atoms. The first kappa shape index (κ1) is 19.4. The molecule has 3 aromatic rings. The van der Waals surface area contributed by atoms with Gasteiger partial charge in [0, 0.05) is 18.0 Å². The zero-order chi connectivity index (χ0) is 20.1. The van der Waals surface area contributed by atoms with Gasteiger partial charge in [-0.1, -0.05) is 49.4 Å². The van der Waals surface area contributed by atoms with Crippen molar-refractivity contribution in [2.45, 2.75) is 18.7 Å². The average Bonchev–Trinajstić information content (AvgIpc) is 3.25. The third kappa shape index (κ3) is 4.74. The molecule has 0 aliphatic carbocycles. The van der Waals surface area contributed by atoms with Gasteiger partial charge in [0.2, 0.25) is 0 Å². The molecular weight excluding hydrogens is 380 g/mol. The van der Waals surface area contributed by atoms with Crippen LogP contribution in [0.25, 0.3) is 0 Å². The van der Waals surface area contributed by atoms with Crippen LogP contribution in [0, 0.1) is 0 Å². The van der Waals surface area contributed by atoms with Gasteiger partial charge in [0.15, 0.2) is 0 Å². The molecular formula is C24H24N2O2S. The van der Waals surface area contributed by atoms with Crippen molar-refractivity contribution < 1.29 is 9.53 Å². The highest BCUT2D eigenvalue weighted by atomic mass is 32.2. The van der Waals surface area contributed by atoms with Crippen molar-refractivity contribution in [1.82, 2.24) is 4.90 Å². The first-order valence-corrected chi connectivity index (χ1v) is 10.9. The lowest BCUT2D eigenvalue weighted by Gasteiger charge is -2.25. The number of anilines is 1. The van der Waals surface area contributed by atoms with Crippen molar-refractivity contribution >= 4 is 23.5 Å². The molecule has 0 aromatic heterocycles. The fourth-order valence-corrected chi connectivity index (χ4v) is 4.57. The third-order valence-corrected chi connectivity index (χ3v) is 6.15. The number of benzene rings is 3. The predicted octanol–water partition coefficient (Wildman–Crippen LogP) is 6.32. The topological polar surface area (TPSA) is 41.6 Å². The molecule has 1 aliphatic heterocycles. The predicted molar refractivity (Wildman–Crippen MR) is 120 cm³/mol. The quantitative estimate of drug-likeness (QED) is 0.541. The zero-order valence-electron chi connectivity index (χ0n) is 16.4. The van der Waals surface area contributed by atoms with E-state index in [4.69, 9.17) is 4.74 Å². The molecule has 3 aromatic carbocycles. The van der Waals surface area contributed by atoms with Crippen LogP contribution in [0.4, 0.5) is 10.5 Å². The molecule has 1 aliphatic rings. The van der Waals surface area contributed by atoms with Gasteiger partial charge in [-0.15, -0.1) is 11.8 Å². The number of rotatable bonds is 5. The molecule has 0 unspecified atom stereocenters. The maximum atomic E-state index is 12.9. The van der Waals surface area contributed by atoms with Crippen LogP contribution in [0.1, 0.15) is 23.4 Å². The number of nitrogens with zero attached hydrogens (tertiary/aromatic N) is 1. The van der Waals surface area contributed by atoms with Gasteiger partial charge in [0.1, 0.15) is 16.9 Å². The van der Waals surface area contributed by atoms with Gasteiger partial charge in [0.25, 0.3) is 0 Å². The Balaban J connectivity index is 1.47. The molecule has 1 fully saturated rings. The Kier molecular flexibility index (Phi) is 6.06. The van der Waals surface area contributed by atoms with E-state index in [0.717, 1.165) is 41.5 Å². The van der Waals surface area contributed by atoms with Crippen molar-refractivity contribution in [3.8, 4) is 11.5 Å². The number of nitrogens with one attached hydrogen (secondary N) is 1. The minimum atomic E-state index is -0.0707. The molecule has 1 saturated heterocycles. The number of hydrogen-bond acceptors (Lipinski definition) is 3. The van der Waals surface area contributed by atoms with Gasteiger partial charge >= 0.3 is 6.03 Å². The van der Waals surface area contributed by atoms with Crippen LogP contribution >= 0.6 is 11.8 Å². The number of carbonyl (C=O) groups is 1. The first-order valence-electron chi connectivity index (χ1n) is 9.84. The average molecular weight is 405 g/mol. The van der Waals surface area contributed by atoms with Crippen LogP contribution in [0.2, 0.25) is 0 Å². The summed E-state index contributed by atoms with van der Waals surface area (Å²) in [6.07, 6.45) is 0.987. The number of aryl methyl sites for hydroxylation is 1. The molecule has 5 heteroatoms. The van der Waals surface area contributed by atoms with E-state index in [1.165, 1.54) is 5.56 Å². The number of para-hydroxylation sites is 1. The van der Waals surface area contributed by atoms with Gasteiger partial charge < -0.3 is 15.0 Å². The van der Waals surface area contributed by atoms with E-state index in [2.05, 4.69) is 30.4 Å². The molecule has 1 N–H and O–H groups in total. The molecule has 0 radical (unpaired) electrons. The minimum absolute atomic E-state index is 0.0239. The highest BCUT2D eigenvalue weighted by molar-refractivity contribution is 7.99. The number of urea groups is 1. The Bertz CT molecular complexity index is 960. The summed E-state index contributed by atoms with van der Waals surface area (Å²) in [5, 5.41) is 3.01. The molecule has 1 atom stereocenters. The number of ether oxygens (including phenoxy) is 1. The first-order chi connectivity index (χ1) is 14.2. The van der Waals surface area contributed by atoms with Crippen molar-refractivity contribution in [3.63, 3.8) is 0 Å². The second-order valence-corrected chi connectivity index (χ2v) is 8.07. The second-order valence-electron chi connectivity index (χ2n) is 6.88. The highest BCUT2D eigenvalue weighted by Crippen LogP contribution is 2.39. The minimum Gasteiger partial charge on any atom is -0.457 e. The zero-order valence-corrected chi connectivity index (χ0v) is 17.2. The monoisotopic (exact) mass is 404 g/mol. The van der Waals surface area contributed by atoms with E-state index in [0.29, 0.717) is 0 Å². The highest BCUT2D eigenvalue weighted by Gasteiger charge is 2.31. The summed E-state index contributed by atoms with van der Waals surface area (Å²) in [6.45, 7) is 2.84. The number of carbonyl (C=O) groups excluding carboxylic acids is 1. The molecule has 0 saturated carbocycles. The molecule has 2 amide bonds. The Labute approximate surface area is 175 Å². The lowest BCUT2D eigenvalue weighted by atomic mass is 10.1. The van der Waals surface area contributed by atoms with E-state index in [1.807, 2.05) is 65.6 Å². The van der Waals surface area contributed by atoms with Gasteiger partial charge in [-0.2, -0.15) is 0 Å². The maximum Gasteiger partial charge on any atom is 0.323 e. The molecule has 0 bridgehead atoms. The fraction of sp³-hybridized carbons (Fsp3) is 0.208. The maximum absolute atomic E-state index is 12.9. The molecule has 148 valence electrons. The number of amides is 2. The van der Waals surface area contributed by atoms with E-state index in [-0.39, 0.29) is 11.4 Å². The van der Waals surface area contributed by atoms with Crippen LogP contribution < -0.4 is 10.1 Å². The van der Waals surface area contributed by atoms with Crippen molar-refractivity contribution in [1.29, 1.82) is 0 Å². The largest absolute Gasteiger partial charge is 0.457 e. The van der Waals surface area contributed by atoms with Gasteiger partial charge in [-0.05, 0) is 53.9 Å². The Hall–Kier alpha value is -2.92. The van der Waals surface area contributed by atoms with Crippen LogP contribution in [-0.4, -0.2) is 23.2 Å². The summed E-state index contributed by atoms with van der Waals surface area (Å²) in [5.41, 5.74) is 3.15. The van der Waals surface area contributed by atoms with Crippen molar-refractivity contribution in [3.05, 3.63) is 90.0 Å². The normalized spacial score (nSPS) is 15.9. The smallest absolute Gasteiger partial charge is 0.323 e. The number of hydrogen-bond donors (Lipinski definition) is 1. The van der Waals surface area contributed by atoms with E-state index < -0.39 is 0 Å². The SMILES string of the molecule is CCc1ccc(NC(=O)N2CCS[C@H]2c2cccc(Oc3ccccc3)c2)cc1. The summed E-state index contributed by atoms with van der Waals surface area (Å²) in [4.78, 5) is 14.8. The summed E-state index contributed by atoms with van der Waals surface area (Å²) < 4.78 is 5.96. The van der Waals surface area contributed by atoms with Crippen LogP contribution in [-0.2, 0) is 6.42 Å². The van der Waals surface area contributed by atoms with E-state index in [1.54, 1.807) is 11.8 Å². The standard InChI is InChI=1S/C24H24N2O2S/c1-2-18-11-13-20(14-12-18)25-24(27)26-15-16-29-23(26)19-7-6-10-22(17-19)28-21-8-4-3-5-9-21/h3-14,17,23H,2,15-16H2,1H3,(H,25,27)/t23-/m0/s1. The molecule has 1 heterocycles. The van der Waals surface area contributed by atoms with Gasteiger partial charge in [-0.3, -0.25) is 0 Å². The lowest BCUT2D eigenvalue weighted by molar-refractivity contribution is 0.214. The Morgan fingerprint density at radius 2 is 1.79 bits per heavy atom. The molecule has 0 spiro atoms. The third-order valence-electron chi connectivity index (χ3n) is 4.89. The van der Waals surface area contributed by atoms with Crippen molar-refractivity contribution in [2.24, 2.45) is 0 Å². The second kappa shape index (κ2) is 9.05. The number of thioether (sulfide) groups is 1. The fourth-order valence-electron chi connectivity index (χ4n) is 3.33. The molecule has 4 rings (SSSR count). The van der Waals surface area contributed by atoms with Crippen molar-refractivity contribution in [2.75, 3.05) is 17.6 Å². The van der Waals surface area contributed by atoms with Crippen LogP contribution in [0.5, 0.6) is 11.5 Å². The summed E-state index contributed by atoms with van der Waals surface area (Å²) >= 11 is 1.77.